The summed E-state index contributed by atoms with van der Waals surface area (Å²) in [4.78, 5) is 26.7. The molecule has 0 bridgehead atoms. The summed E-state index contributed by atoms with van der Waals surface area (Å²) in [5.41, 5.74) is 5.20. The lowest BCUT2D eigenvalue weighted by molar-refractivity contribution is -0.119. The van der Waals surface area contributed by atoms with Gasteiger partial charge < -0.3 is 10.2 Å². The molecule has 0 radical (unpaired) electrons. The third-order valence-corrected chi connectivity index (χ3v) is 5.46. The molecule has 30 heavy (non-hydrogen) atoms. The average molecular weight is 399 g/mol. The van der Waals surface area contributed by atoms with Crippen LogP contribution in [0.4, 0.5) is 11.4 Å². The van der Waals surface area contributed by atoms with E-state index in [9.17, 15) is 9.59 Å². The number of hydrogen-bond acceptors (Lipinski definition) is 2. The molecule has 2 amide bonds. The molecule has 4 heteroatoms. The topological polar surface area (TPSA) is 49.4 Å². The van der Waals surface area contributed by atoms with Crippen LogP contribution in [0.3, 0.4) is 0 Å². The van der Waals surface area contributed by atoms with Gasteiger partial charge in [0.2, 0.25) is 11.8 Å². The van der Waals surface area contributed by atoms with Gasteiger partial charge in [-0.15, -0.1) is 0 Å². The lowest BCUT2D eigenvalue weighted by Crippen LogP contribution is -2.34. The van der Waals surface area contributed by atoms with Gasteiger partial charge in [-0.1, -0.05) is 60.7 Å². The van der Waals surface area contributed by atoms with Crippen molar-refractivity contribution in [1.29, 1.82) is 0 Å². The Labute approximate surface area is 177 Å². The van der Waals surface area contributed by atoms with Crippen molar-refractivity contribution in [3.05, 3.63) is 95.6 Å². The Morgan fingerprint density at radius 2 is 1.57 bits per heavy atom. The molecule has 152 valence electrons. The zero-order valence-electron chi connectivity index (χ0n) is 17.0. The van der Waals surface area contributed by atoms with Crippen LogP contribution in [0.1, 0.15) is 36.0 Å². The molecule has 0 saturated heterocycles. The Morgan fingerprint density at radius 3 is 2.30 bits per heavy atom. The summed E-state index contributed by atoms with van der Waals surface area (Å²) in [6, 6.07) is 26.1. The molecule has 1 aliphatic heterocycles. The Hall–Kier alpha value is -3.40. The summed E-state index contributed by atoms with van der Waals surface area (Å²) in [7, 11) is 0. The minimum Gasteiger partial charge on any atom is -0.326 e. The van der Waals surface area contributed by atoms with Crippen LogP contribution in [-0.2, 0) is 29.0 Å². The average Bonchev–Trinajstić information content (AvgIpc) is 2.77. The van der Waals surface area contributed by atoms with E-state index in [2.05, 4.69) is 17.4 Å². The van der Waals surface area contributed by atoms with Gasteiger partial charge in [-0.05, 0) is 54.2 Å². The fourth-order valence-electron chi connectivity index (χ4n) is 3.90. The van der Waals surface area contributed by atoms with E-state index in [1.807, 2.05) is 71.6 Å². The van der Waals surface area contributed by atoms with Crippen LogP contribution >= 0.6 is 0 Å². The van der Waals surface area contributed by atoms with Gasteiger partial charge in [0.15, 0.2) is 0 Å². The van der Waals surface area contributed by atoms with Crippen molar-refractivity contribution in [2.75, 3.05) is 10.2 Å². The van der Waals surface area contributed by atoms with E-state index < -0.39 is 0 Å². The number of carbonyl (C=O) groups excluding carboxylic acids is 2. The Morgan fingerprint density at radius 1 is 0.867 bits per heavy atom. The van der Waals surface area contributed by atoms with Gasteiger partial charge in [-0.25, -0.2) is 0 Å². The fraction of sp³-hybridized carbons (Fsp3) is 0.231. The van der Waals surface area contributed by atoms with Crippen LogP contribution in [0.15, 0.2) is 78.9 Å². The van der Waals surface area contributed by atoms with Crippen LogP contribution in [0.25, 0.3) is 0 Å². The van der Waals surface area contributed by atoms with Gasteiger partial charge in [-0.2, -0.15) is 0 Å². The van der Waals surface area contributed by atoms with Gasteiger partial charge in [0, 0.05) is 24.2 Å². The van der Waals surface area contributed by atoms with Gasteiger partial charge >= 0.3 is 0 Å². The van der Waals surface area contributed by atoms with Gasteiger partial charge in [-0.3, -0.25) is 9.59 Å². The first-order valence-electron chi connectivity index (χ1n) is 10.5. The predicted octanol–water partition coefficient (Wildman–Crippen LogP) is 5.13. The quantitative estimate of drug-likeness (QED) is 0.600. The highest BCUT2D eigenvalue weighted by atomic mass is 16.2. The van der Waals surface area contributed by atoms with E-state index in [1.165, 1.54) is 5.56 Å². The summed E-state index contributed by atoms with van der Waals surface area (Å²) in [6.07, 6.45) is 3.41. The number of amides is 2. The van der Waals surface area contributed by atoms with Gasteiger partial charge in [0.05, 0.1) is 6.54 Å². The highest BCUT2D eigenvalue weighted by molar-refractivity contribution is 5.97. The van der Waals surface area contributed by atoms with E-state index in [1.54, 1.807) is 0 Å². The molecule has 4 nitrogen and oxygen atoms in total. The van der Waals surface area contributed by atoms with E-state index >= 15 is 0 Å². The molecular formula is C26H26N2O2. The normalized spacial score (nSPS) is 13.1. The molecule has 1 N–H and O–H groups in total. The first-order valence-corrected chi connectivity index (χ1v) is 10.5. The first kappa shape index (κ1) is 19.9. The highest BCUT2D eigenvalue weighted by Gasteiger charge is 2.24. The maximum atomic E-state index is 12.5. The number of anilines is 2. The summed E-state index contributed by atoms with van der Waals surface area (Å²) in [5, 5.41) is 3.01. The minimum atomic E-state index is 0.0268. The molecule has 0 unspecified atom stereocenters. The maximum absolute atomic E-state index is 12.5. The molecular weight excluding hydrogens is 372 g/mol. The zero-order chi connectivity index (χ0) is 20.8. The van der Waals surface area contributed by atoms with Crippen molar-refractivity contribution in [2.24, 2.45) is 0 Å². The van der Waals surface area contributed by atoms with E-state index in [4.69, 9.17) is 0 Å². The van der Waals surface area contributed by atoms with Crippen molar-refractivity contribution in [3.8, 4) is 0 Å². The predicted molar refractivity (Wildman–Crippen MR) is 120 cm³/mol. The van der Waals surface area contributed by atoms with Crippen LogP contribution in [0.2, 0.25) is 0 Å². The molecule has 0 atom stereocenters. The number of benzene rings is 3. The molecule has 0 aliphatic carbocycles. The number of rotatable bonds is 7. The Kier molecular flexibility index (Phi) is 6.23. The molecule has 3 aromatic carbocycles. The van der Waals surface area contributed by atoms with E-state index in [-0.39, 0.29) is 11.8 Å². The highest BCUT2D eigenvalue weighted by Crippen LogP contribution is 2.31. The minimum absolute atomic E-state index is 0.0268. The molecule has 0 fully saturated rings. The number of nitrogens with one attached hydrogen (secondary N) is 1. The molecule has 1 aliphatic rings. The lowest BCUT2D eigenvalue weighted by Gasteiger charge is -2.30. The number of carbonyl (C=O) groups is 2. The van der Waals surface area contributed by atoms with Crippen molar-refractivity contribution in [2.45, 2.75) is 38.6 Å². The molecule has 0 aromatic heterocycles. The fourth-order valence-corrected chi connectivity index (χ4v) is 3.90. The van der Waals surface area contributed by atoms with Crippen molar-refractivity contribution < 1.29 is 9.59 Å². The second-order valence-electron chi connectivity index (χ2n) is 7.70. The number of hydrogen-bond donors (Lipinski definition) is 1. The zero-order valence-corrected chi connectivity index (χ0v) is 17.0. The summed E-state index contributed by atoms with van der Waals surface area (Å²) >= 11 is 0. The Bertz CT molecular complexity index is 1020. The molecule has 3 aromatic rings. The van der Waals surface area contributed by atoms with Crippen LogP contribution in [0, 0.1) is 0 Å². The third-order valence-electron chi connectivity index (χ3n) is 5.46. The molecule has 4 rings (SSSR count). The van der Waals surface area contributed by atoms with E-state index in [0.29, 0.717) is 25.8 Å². The van der Waals surface area contributed by atoms with E-state index in [0.717, 1.165) is 35.3 Å². The largest absolute Gasteiger partial charge is 0.326 e. The molecule has 1 heterocycles. The summed E-state index contributed by atoms with van der Waals surface area (Å²) in [5.74, 6) is 0.169. The second kappa shape index (κ2) is 9.40. The molecule has 0 spiro atoms. The number of nitrogens with zero attached hydrogens (tertiary/aromatic N) is 1. The number of aryl methyl sites for hydroxylation is 2. The smallest absolute Gasteiger partial charge is 0.227 e. The maximum Gasteiger partial charge on any atom is 0.227 e. The van der Waals surface area contributed by atoms with Crippen molar-refractivity contribution in [3.63, 3.8) is 0 Å². The van der Waals surface area contributed by atoms with Crippen molar-refractivity contribution in [1.82, 2.24) is 0 Å². The molecule has 0 saturated carbocycles. The summed E-state index contributed by atoms with van der Waals surface area (Å²) < 4.78 is 0. The third kappa shape index (κ3) is 4.95. The monoisotopic (exact) mass is 398 g/mol. The standard InChI is InChI=1S/C26H26N2O2/c29-25(13-7-12-20-8-3-1-4-9-20)27-23-15-16-24-22(18-23)14-17-26(30)28(24)19-21-10-5-2-6-11-21/h1-6,8-11,15-16,18H,7,12-14,17,19H2,(H,27,29). The van der Waals surface area contributed by atoms with Crippen LogP contribution < -0.4 is 10.2 Å². The van der Waals surface area contributed by atoms with Crippen LogP contribution in [0.5, 0.6) is 0 Å². The number of fused-ring (bicyclic) bond motifs is 1. The van der Waals surface area contributed by atoms with Gasteiger partial charge in [0.1, 0.15) is 0 Å². The van der Waals surface area contributed by atoms with Crippen molar-refractivity contribution >= 4 is 23.2 Å². The lowest BCUT2D eigenvalue weighted by atomic mass is 9.99. The SMILES string of the molecule is O=C(CCCc1ccccc1)Nc1ccc2c(c1)CCC(=O)N2Cc1ccccc1. The van der Waals surface area contributed by atoms with Gasteiger partial charge in [0.25, 0.3) is 0 Å². The summed E-state index contributed by atoms with van der Waals surface area (Å²) in [6.45, 7) is 0.567. The Balaban J connectivity index is 1.38. The first-order chi connectivity index (χ1) is 14.7. The van der Waals surface area contributed by atoms with Crippen LogP contribution in [-0.4, -0.2) is 11.8 Å². The second-order valence-corrected chi connectivity index (χ2v) is 7.70.